The molecule has 0 fully saturated rings. The van der Waals surface area contributed by atoms with Crippen molar-refractivity contribution in [3.8, 4) is 0 Å². The van der Waals surface area contributed by atoms with Crippen LogP contribution in [0.5, 0.6) is 0 Å². The Kier molecular flexibility index (Phi) is 68.8. The molecule has 5 heteroatoms. The van der Waals surface area contributed by atoms with Gasteiger partial charge >= 0.3 is 11.9 Å². The first-order valence-corrected chi connectivity index (χ1v) is 35.4. The van der Waals surface area contributed by atoms with Crippen LogP contribution in [0.1, 0.15) is 348 Å². The van der Waals surface area contributed by atoms with Crippen molar-refractivity contribution < 1.29 is 24.2 Å². The van der Waals surface area contributed by atoms with E-state index in [1.54, 1.807) is 0 Å². The molecule has 0 heterocycles. The Bertz CT molecular complexity index is 1570. The van der Waals surface area contributed by atoms with Crippen molar-refractivity contribution in [2.75, 3.05) is 13.2 Å². The van der Waals surface area contributed by atoms with Gasteiger partial charge in [0.25, 0.3) is 0 Å². The molecule has 0 spiro atoms. The van der Waals surface area contributed by atoms with E-state index >= 15 is 0 Å². The Labute approximate surface area is 510 Å². The van der Waals surface area contributed by atoms with Gasteiger partial charge < -0.3 is 14.6 Å². The standard InChI is InChI=1S/C77H134O5/c1-3-5-7-9-11-13-15-17-19-21-23-25-27-29-31-32-33-34-35-36-37-38-39-40-41-42-43-44-46-48-50-52-54-56-58-60-62-64-66-68-70-72-77(80)82-75(73-78)74-81-76(79)71-69-67-65-63-61-59-57-55-53-51-49-47-45-30-28-26-24-22-20-18-16-14-12-10-8-6-4-2/h5,7,11,13,17,19,23,25,29,31,33-34,36-37,39-40,42-43,75,78H,3-4,6,8-10,12,14-16,18,20-22,24,26-28,30,32,35,38,41,44-74H2,1-2H3/b7-5-,13-11-,19-17-,25-23-,31-29-,34-33-,37-36-,40-39-,43-42-. The van der Waals surface area contributed by atoms with Crippen LogP contribution in [0.25, 0.3) is 0 Å². The molecule has 1 N–H and O–H groups in total. The van der Waals surface area contributed by atoms with Gasteiger partial charge in [-0.05, 0) is 83.5 Å². The van der Waals surface area contributed by atoms with Crippen LogP contribution in [0.3, 0.4) is 0 Å². The predicted molar refractivity (Wildman–Crippen MR) is 362 cm³/mol. The van der Waals surface area contributed by atoms with E-state index in [0.29, 0.717) is 12.8 Å². The van der Waals surface area contributed by atoms with E-state index in [1.165, 1.54) is 225 Å². The molecule has 1 unspecified atom stereocenters. The van der Waals surface area contributed by atoms with Gasteiger partial charge in [-0.3, -0.25) is 9.59 Å². The van der Waals surface area contributed by atoms with Gasteiger partial charge in [0.2, 0.25) is 0 Å². The number of aliphatic hydroxyl groups is 1. The van der Waals surface area contributed by atoms with Crippen molar-refractivity contribution in [2.24, 2.45) is 0 Å². The Balaban J connectivity index is 3.48. The smallest absolute Gasteiger partial charge is 0.306 e. The summed E-state index contributed by atoms with van der Waals surface area (Å²) in [6.45, 7) is 4.07. The highest BCUT2D eigenvalue weighted by molar-refractivity contribution is 5.70. The first-order chi connectivity index (χ1) is 40.6. The lowest BCUT2D eigenvalue weighted by atomic mass is 10.0. The van der Waals surface area contributed by atoms with Crippen LogP contribution in [0.4, 0.5) is 0 Å². The number of aliphatic hydroxyl groups excluding tert-OH is 1. The van der Waals surface area contributed by atoms with Gasteiger partial charge in [0, 0.05) is 12.8 Å². The van der Waals surface area contributed by atoms with Crippen LogP contribution < -0.4 is 0 Å². The Morgan fingerprint density at radius 3 is 0.793 bits per heavy atom. The summed E-state index contributed by atoms with van der Waals surface area (Å²) in [5, 5.41) is 9.70. The number of unbranched alkanes of at least 4 members (excludes halogenated alkanes) is 39. The molecule has 0 aliphatic heterocycles. The molecule has 0 radical (unpaired) electrons. The molecule has 0 saturated carbocycles. The van der Waals surface area contributed by atoms with Crippen molar-refractivity contribution in [3.63, 3.8) is 0 Å². The molecular formula is C77H134O5. The number of allylic oxidation sites excluding steroid dienone is 18. The highest BCUT2D eigenvalue weighted by atomic mass is 16.6. The molecule has 0 aliphatic rings. The average molecular weight is 1140 g/mol. The van der Waals surface area contributed by atoms with Gasteiger partial charge in [-0.25, -0.2) is 0 Å². The minimum atomic E-state index is -0.777. The lowest BCUT2D eigenvalue weighted by Gasteiger charge is -2.15. The fourth-order valence-corrected chi connectivity index (χ4v) is 10.3. The third-order valence-electron chi connectivity index (χ3n) is 15.6. The second kappa shape index (κ2) is 71.8. The summed E-state index contributed by atoms with van der Waals surface area (Å²) in [5.74, 6) is -0.579. The Morgan fingerprint density at radius 1 is 0.293 bits per heavy atom. The molecule has 0 rings (SSSR count). The molecule has 0 aromatic heterocycles. The monoisotopic (exact) mass is 1140 g/mol. The van der Waals surface area contributed by atoms with Crippen molar-refractivity contribution in [2.45, 2.75) is 354 Å². The van der Waals surface area contributed by atoms with Crippen molar-refractivity contribution >= 4 is 11.9 Å². The topological polar surface area (TPSA) is 72.8 Å². The summed E-state index contributed by atoms with van der Waals surface area (Å²) in [7, 11) is 0. The minimum Gasteiger partial charge on any atom is -0.462 e. The van der Waals surface area contributed by atoms with Crippen LogP contribution in [0.2, 0.25) is 0 Å². The lowest BCUT2D eigenvalue weighted by molar-refractivity contribution is -0.161. The van der Waals surface area contributed by atoms with Crippen molar-refractivity contribution in [3.05, 3.63) is 109 Å². The zero-order valence-corrected chi connectivity index (χ0v) is 54.2. The molecule has 0 aromatic rings. The molecular weight excluding hydrogens is 1000 g/mol. The summed E-state index contributed by atoms with van der Waals surface area (Å²) in [6, 6.07) is 0. The van der Waals surface area contributed by atoms with Crippen LogP contribution in [-0.4, -0.2) is 36.4 Å². The van der Waals surface area contributed by atoms with Crippen LogP contribution in [-0.2, 0) is 19.1 Å². The number of carbonyl (C=O) groups is 2. The second-order valence-corrected chi connectivity index (χ2v) is 23.6. The quantitative estimate of drug-likeness (QED) is 0.0373. The van der Waals surface area contributed by atoms with Gasteiger partial charge in [0.15, 0.2) is 6.10 Å². The number of esters is 2. The maximum atomic E-state index is 12.4. The van der Waals surface area contributed by atoms with E-state index in [4.69, 9.17) is 9.47 Å². The third kappa shape index (κ3) is 69.1. The van der Waals surface area contributed by atoms with Crippen LogP contribution in [0.15, 0.2) is 109 Å². The molecule has 0 aromatic carbocycles. The number of hydrogen-bond acceptors (Lipinski definition) is 5. The maximum absolute atomic E-state index is 12.4. The summed E-state index contributed by atoms with van der Waals surface area (Å²) < 4.78 is 10.8. The van der Waals surface area contributed by atoms with Crippen LogP contribution in [0, 0.1) is 0 Å². The largest absolute Gasteiger partial charge is 0.462 e. The van der Waals surface area contributed by atoms with Gasteiger partial charge in [-0.15, -0.1) is 0 Å². The number of carbonyl (C=O) groups excluding carboxylic acids is 2. The van der Waals surface area contributed by atoms with Gasteiger partial charge in [-0.2, -0.15) is 0 Å². The van der Waals surface area contributed by atoms with E-state index in [9.17, 15) is 14.7 Å². The SMILES string of the molecule is CC/C=C\C/C=C\C/C=C\C/C=C\C/C=C\C/C=C\C/C=C\C/C=C\C/C=C\CCCCCCCCCCCCCCCC(=O)OC(CO)COC(=O)CCCCCCCCCCCCCCCCCCCCCCCCCCCCC. The zero-order chi connectivity index (χ0) is 59.1. The predicted octanol–water partition coefficient (Wildman–Crippen LogP) is 24.8. The summed E-state index contributed by atoms with van der Waals surface area (Å²) in [6.07, 6.45) is 104. The summed E-state index contributed by atoms with van der Waals surface area (Å²) in [5.41, 5.74) is 0. The lowest BCUT2D eigenvalue weighted by Crippen LogP contribution is -2.28. The van der Waals surface area contributed by atoms with Gasteiger partial charge in [-0.1, -0.05) is 361 Å². The van der Waals surface area contributed by atoms with E-state index in [-0.39, 0.29) is 25.2 Å². The third-order valence-corrected chi connectivity index (χ3v) is 15.6. The van der Waals surface area contributed by atoms with Gasteiger partial charge in [0.1, 0.15) is 6.61 Å². The normalized spacial score (nSPS) is 12.9. The van der Waals surface area contributed by atoms with E-state index in [2.05, 4.69) is 123 Å². The highest BCUT2D eigenvalue weighted by Crippen LogP contribution is 2.18. The number of ether oxygens (including phenoxy) is 2. The van der Waals surface area contributed by atoms with E-state index < -0.39 is 6.10 Å². The molecule has 82 heavy (non-hydrogen) atoms. The number of rotatable bonds is 65. The van der Waals surface area contributed by atoms with E-state index in [0.717, 1.165) is 96.3 Å². The molecule has 0 bridgehead atoms. The fraction of sp³-hybridized carbons (Fsp3) is 0.740. The highest BCUT2D eigenvalue weighted by Gasteiger charge is 2.16. The first-order valence-electron chi connectivity index (χ1n) is 35.4. The van der Waals surface area contributed by atoms with Crippen molar-refractivity contribution in [1.29, 1.82) is 0 Å². The van der Waals surface area contributed by atoms with E-state index in [1.807, 2.05) is 0 Å². The first kappa shape index (κ1) is 78.6. The minimum absolute atomic E-state index is 0.0655. The summed E-state index contributed by atoms with van der Waals surface area (Å²) >= 11 is 0. The van der Waals surface area contributed by atoms with Crippen molar-refractivity contribution in [1.82, 2.24) is 0 Å². The molecule has 0 aliphatic carbocycles. The molecule has 0 amide bonds. The Morgan fingerprint density at radius 2 is 0.524 bits per heavy atom. The molecule has 472 valence electrons. The second-order valence-electron chi connectivity index (χ2n) is 23.6. The summed E-state index contributed by atoms with van der Waals surface area (Å²) in [4.78, 5) is 24.7. The molecule has 5 nitrogen and oxygen atoms in total. The average Bonchev–Trinajstić information content (AvgIpc) is 3.49. The zero-order valence-electron chi connectivity index (χ0n) is 54.2. The van der Waals surface area contributed by atoms with Crippen LogP contribution >= 0.6 is 0 Å². The number of hydrogen-bond donors (Lipinski definition) is 1. The molecule has 0 saturated heterocycles. The maximum Gasteiger partial charge on any atom is 0.306 e. The Hall–Kier alpha value is -3.44. The van der Waals surface area contributed by atoms with Gasteiger partial charge in [0.05, 0.1) is 6.61 Å². The molecule has 1 atom stereocenters. The fourth-order valence-electron chi connectivity index (χ4n) is 10.3.